The fraction of sp³-hybridized carbons (Fsp3) is 1.00. The van der Waals surface area contributed by atoms with Gasteiger partial charge in [-0.15, -0.1) is 0 Å². The molecule has 0 amide bonds. The molecule has 0 aromatic carbocycles. The second-order valence-electron chi connectivity index (χ2n) is 6.97. The van der Waals surface area contributed by atoms with Crippen molar-refractivity contribution in [3.8, 4) is 0 Å². The average molecular weight is 268 g/mol. The Labute approximate surface area is 117 Å². The third kappa shape index (κ3) is 2.97. The normalized spacial score (nSPS) is 48.8. The maximum Gasteiger partial charge on any atom is 0.0195 e. The van der Waals surface area contributed by atoms with E-state index in [1.807, 2.05) is 6.92 Å². The van der Waals surface area contributed by atoms with E-state index in [-0.39, 0.29) is 0 Å². The van der Waals surface area contributed by atoms with Crippen LogP contribution in [0.15, 0.2) is 0 Å². The van der Waals surface area contributed by atoms with Crippen molar-refractivity contribution in [3.05, 3.63) is 0 Å². The van der Waals surface area contributed by atoms with E-state index >= 15 is 0 Å². The monoisotopic (exact) mass is 268 g/mol. The minimum Gasteiger partial charge on any atom is -0.331 e. The highest BCUT2D eigenvalue weighted by atomic mass is 15.0. The molecule has 1 saturated heterocycles. The molecule has 0 spiro atoms. The molecule has 1 aliphatic heterocycles. The number of piperidine rings is 1. The van der Waals surface area contributed by atoms with Crippen LogP contribution in [-0.4, -0.2) is 31.2 Å². The van der Waals surface area contributed by atoms with Gasteiger partial charge in [-0.05, 0) is 69.0 Å². The fourth-order valence-electron chi connectivity index (χ4n) is 4.13. The van der Waals surface area contributed by atoms with Gasteiger partial charge in [-0.25, -0.2) is 0 Å². The van der Waals surface area contributed by atoms with Gasteiger partial charge in [-0.2, -0.15) is 0 Å². The Hall–Kier alpha value is -0.160. The van der Waals surface area contributed by atoms with Gasteiger partial charge in [0.1, 0.15) is 0 Å². The Morgan fingerprint density at radius 2 is 1.63 bits per heavy atom. The highest BCUT2D eigenvalue weighted by Gasteiger charge is 2.63. The van der Waals surface area contributed by atoms with Crippen LogP contribution in [0.1, 0.15) is 39.5 Å². The van der Waals surface area contributed by atoms with Crippen molar-refractivity contribution in [2.75, 3.05) is 19.6 Å². The molecule has 112 valence electrons. The molecule has 19 heavy (non-hydrogen) atoms. The summed E-state index contributed by atoms with van der Waals surface area (Å²) in [5, 5.41) is 3.47. The summed E-state index contributed by atoms with van der Waals surface area (Å²) in [5.74, 6) is 3.61. The Bertz CT molecular complexity index is 272. The van der Waals surface area contributed by atoms with Crippen molar-refractivity contribution in [1.82, 2.24) is 5.32 Å². The lowest BCUT2D eigenvalue weighted by Gasteiger charge is -2.68. The molecule has 4 heteroatoms. The average Bonchev–Trinajstić information content (AvgIpc) is 2.35. The van der Waals surface area contributed by atoms with Crippen molar-refractivity contribution in [1.29, 1.82) is 0 Å². The number of nitrogens with one attached hydrogen (secondary N) is 1. The summed E-state index contributed by atoms with van der Waals surface area (Å²) < 4.78 is 0. The van der Waals surface area contributed by atoms with Crippen LogP contribution in [0, 0.1) is 23.7 Å². The van der Waals surface area contributed by atoms with Gasteiger partial charge >= 0.3 is 0 Å². The van der Waals surface area contributed by atoms with E-state index in [0.29, 0.717) is 11.6 Å². The van der Waals surface area contributed by atoms with Crippen LogP contribution in [0.2, 0.25) is 0 Å². The summed E-state index contributed by atoms with van der Waals surface area (Å²) >= 11 is 0. The van der Waals surface area contributed by atoms with Gasteiger partial charge in [0, 0.05) is 11.6 Å². The standard InChI is InChI=1S/C8H14N2.C5H11N.C2H7N/c9-8-1-5-3-10-4-6(2-8)7(5)8;1-4-2-3-5(4)6;1-2-3/h5-7,10H,1-4,9H2;4-5H,2-3,6H2,1H3;2-3H2,1H3. The van der Waals surface area contributed by atoms with Gasteiger partial charge in [-0.1, -0.05) is 13.8 Å². The van der Waals surface area contributed by atoms with Gasteiger partial charge < -0.3 is 22.5 Å². The lowest BCUT2D eigenvalue weighted by atomic mass is 9.42. The fourth-order valence-corrected chi connectivity index (χ4v) is 4.13. The third-order valence-corrected chi connectivity index (χ3v) is 5.46. The molecule has 0 bridgehead atoms. The predicted octanol–water partition coefficient (Wildman–Crippen LogP) is 0.652. The maximum atomic E-state index is 6.11. The van der Waals surface area contributed by atoms with Gasteiger partial charge in [-0.3, -0.25) is 0 Å². The molecular formula is C15H32N4. The van der Waals surface area contributed by atoms with Gasteiger partial charge in [0.05, 0.1) is 0 Å². The molecule has 4 rings (SSSR count). The first-order valence-electron chi connectivity index (χ1n) is 7.97. The van der Waals surface area contributed by atoms with E-state index in [4.69, 9.17) is 17.2 Å². The zero-order valence-corrected chi connectivity index (χ0v) is 12.6. The summed E-state index contributed by atoms with van der Waals surface area (Å²) in [6, 6.07) is 0.532. The first-order chi connectivity index (χ1) is 9.01. The Kier molecular flexibility index (Phi) is 4.88. The molecule has 1 heterocycles. The van der Waals surface area contributed by atoms with Crippen LogP contribution in [-0.2, 0) is 0 Å². The van der Waals surface area contributed by atoms with Crippen LogP contribution in [0.5, 0.6) is 0 Å². The predicted molar refractivity (Wildman–Crippen MR) is 80.6 cm³/mol. The lowest BCUT2D eigenvalue weighted by molar-refractivity contribution is -0.131. The molecule has 7 N–H and O–H groups in total. The zero-order chi connectivity index (χ0) is 14.0. The van der Waals surface area contributed by atoms with Crippen molar-refractivity contribution in [2.24, 2.45) is 40.9 Å². The second kappa shape index (κ2) is 6.08. The molecule has 0 radical (unpaired) electrons. The minimum atomic E-state index is 0.317. The molecule has 3 aliphatic carbocycles. The Morgan fingerprint density at radius 1 is 1.16 bits per heavy atom. The van der Waals surface area contributed by atoms with E-state index in [0.717, 1.165) is 30.2 Å². The Balaban J connectivity index is 0.000000128. The van der Waals surface area contributed by atoms with Crippen LogP contribution in [0.3, 0.4) is 0 Å². The molecule has 4 atom stereocenters. The number of nitrogens with two attached hydrogens (primary N) is 3. The largest absolute Gasteiger partial charge is 0.331 e. The first-order valence-corrected chi connectivity index (χ1v) is 7.97. The number of hydrogen-bond donors (Lipinski definition) is 4. The van der Waals surface area contributed by atoms with Crippen molar-refractivity contribution in [3.63, 3.8) is 0 Å². The molecule has 0 aromatic rings. The van der Waals surface area contributed by atoms with E-state index < -0.39 is 0 Å². The van der Waals surface area contributed by atoms with Crippen LogP contribution in [0.4, 0.5) is 0 Å². The van der Waals surface area contributed by atoms with Gasteiger partial charge in [0.25, 0.3) is 0 Å². The van der Waals surface area contributed by atoms with Gasteiger partial charge in [0.15, 0.2) is 0 Å². The van der Waals surface area contributed by atoms with E-state index in [1.54, 1.807) is 0 Å². The van der Waals surface area contributed by atoms with Crippen LogP contribution in [0.25, 0.3) is 0 Å². The highest BCUT2D eigenvalue weighted by Crippen LogP contribution is 2.60. The molecule has 0 aromatic heterocycles. The zero-order valence-electron chi connectivity index (χ0n) is 12.6. The molecular weight excluding hydrogens is 236 g/mol. The molecule has 3 saturated carbocycles. The molecule has 4 unspecified atom stereocenters. The van der Waals surface area contributed by atoms with E-state index in [1.165, 1.54) is 38.8 Å². The molecule has 4 nitrogen and oxygen atoms in total. The van der Waals surface area contributed by atoms with Gasteiger partial charge in [0.2, 0.25) is 0 Å². The lowest BCUT2D eigenvalue weighted by Crippen LogP contribution is -2.76. The first kappa shape index (κ1) is 15.2. The SMILES string of the molecule is CC1CCC1N.CCN.NC12CC3CNCC(C1)C32. The van der Waals surface area contributed by atoms with Crippen LogP contribution >= 0.6 is 0 Å². The summed E-state index contributed by atoms with van der Waals surface area (Å²) in [4.78, 5) is 0. The van der Waals surface area contributed by atoms with Crippen molar-refractivity contribution >= 4 is 0 Å². The number of rotatable bonds is 0. The summed E-state index contributed by atoms with van der Waals surface area (Å²) in [6.45, 7) is 7.33. The smallest absolute Gasteiger partial charge is 0.0195 e. The maximum absolute atomic E-state index is 6.11. The summed E-state index contributed by atoms with van der Waals surface area (Å²) in [7, 11) is 0. The Morgan fingerprint density at radius 3 is 1.84 bits per heavy atom. The van der Waals surface area contributed by atoms with Crippen molar-refractivity contribution < 1.29 is 0 Å². The minimum absolute atomic E-state index is 0.317. The second-order valence-corrected chi connectivity index (χ2v) is 6.97. The van der Waals surface area contributed by atoms with E-state index in [2.05, 4.69) is 12.2 Å². The summed E-state index contributed by atoms with van der Waals surface area (Å²) in [5.41, 5.74) is 16.8. The van der Waals surface area contributed by atoms with Crippen LogP contribution < -0.4 is 22.5 Å². The quantitative estimate of drug-likeness (QED) is 0.519. The molecule has 4 fully saturated rings. The van der Waals surface area contributed by atoms with E-state index in [9.17, 15) is 0 Å². The number of hydrogen-bond acceptors (Lipinski definition) is 4. The summed E-state index contributed by atoms with van der Waals surface area (Å²) in [6.07, 6.45) is 5.19. The highest BCUT2D eigenvalue weighted by molar-refractivity contribution is 5.19. The third-order valence-electron chi connectivity index (χ3n) is 5.46. The topological polar surface area (TPSA) is 90.1 Å². The van der Waals surface area contributed by atoms with Crippen molar-refractivity contribution in [2.45, 2.75) is 51.1 Å². The molecule has 4 aliphatic rings.